The van der Waals surface area contributed by atoms with E-state index in [-0.39, 0.29) is 11.6 Å². The Bertz CT molecular complexity index is 439. The Morgan fingerprint density at radius 2 is 2.05 bits per heavy atom. The fraction of sp³-hybridized carbons (Fsp3) is 0.600. The molecule has 1 aliphatic carbocycles. The van der Waals surface area contributed by atoms with E-state index in [0.29, 0.717) is 12.5 Å². The molecular weight excluding hydrogens is 258 g/mol. The van der Waals surface area contributed by atoms with Gasteiger partial charge in [-0.2, -0.15) is 0 Å². The largest absolute Gasteiger partial charge is 0.491 e. The smallest absolute Gasteiger partial charge is 0.423 e. The van der Waals surface area contributed by atoms with Crippen molar-refractivity contribution < 1.29 is 19.2 Å². The van der Waals surface area contributed by atoms with E-state index in [4.69, 9.17) is 14.8 Å². The molecule has 1 aromatic rings. The van der Waals surface area contributed by atoms with Crippen molar-refractivity contribution in [2.75, 3.05) is 0 Å². The van der Waals surface area contributed by atoms with Crippen molar-refractivity contribution in [3.05, 3.63) is 29.6 Å². The summed E-state index contributed by atoms with van der Waals surface area (Å²) in [6.45, 7) is 2.58. The van der Waals surface area contributed by atoms with Crippen molar-refractivity contribution in [2.24, 2.45) is 5.92 Å². The zero-order valence-corrected chi connectivity index (χ0v) is 11.9. The van der Waals surface area contributed by atoms with Gasteiger partial charge in [0.2, 0.25) is 0 Å². The van der Waals surface area contributed by atoms with Crippen molar-refractivity contribution in [3.8, 4) is 0 Å². The highest BCUT2D eigenvalue weighted by molar-refractivity contribution is 6.58. The van der Waals surface area contributed by atoms with E-state index in [1.54, 1.807) is 6.07 Å². The van der Waals surface area contributed by atoms with Crippen LogP contribution in [0, 0.1) is 11.7 Å². The van der Waals surface area contributed by atoms with Crippen LogP contribution in [-0.4, -0.2) is 23.3 Å². The average molecular weight is 280 g/mol. The van der Waals surface area contributed by atoms with Crippen LogP contribution in [0.4, 0.5) is 4.39 Å². The second-order valence-corrected chi connectivity index (χ2v) is 5.53. The number of ether oxygens (including phenoxy) is 1. The minimum absolute atomic E-state index is 0.0956. The van der Waals surface area contributed by atoms with Crippen LogP contribution in [0.5, 0.6) is 0 Å². The molecule has 2 atom stereocenters. The molecule has 0 heterocycles. The highest BCUT2D eigenvalue weighted by Gasteiger charge is 2.24. The summed E-state index contributed by atoms with van der Waals surface area (Å²) in [5.41, 5.74) is 0.678. The van der Waals surface area contributed by atoms with Crippen LogP contribution in [0.1, 0.15) is 44.6 Å². The van der Waals surface area contributed by atoms with E-state index in [1.807, 2.05) is 0 Å². The molecule has 2 rings (SSSR count). The van der Waals surface area contributed by atoms with Crippen molar-refractivity contribution in [3.63, 3.8) is 0 Å². The molecule has 0 amide bonds. The molecular formula is C15H22BFO3. The maximum atomic E-state index is 13.4. The van der Waals surface area contributed by atoms with Crippen molar-refractivity contribution in [1.82, 2.24) is 0 Å². The summed E-state index contributed by atoms with van der Waals surface area (Å²) in [6, 6.07) is 4.35. The zero-order valence-electron chi connectivity index (χ0n) is 11.9. The molecule has 1 aliphatic rings. The van der Waals surface area contributed by atoms with E-state index in [2.05, 4.69) is 6.92 Å². The maximum Gasteiger partial charge on any atom is 0.491 e. The average Bonchev–Trinajstić information content (AvgIpc) is 2.46. The van der Waals surface area contributed by atoms with Crippen molar-refractivity contribution in [1.29, 1.82) is 0 Å². The van der Waals surface area contributed by atoms with Crippen LogP contribution in [0.2, 0.25) is 0 Å². The first kappa shape index (κ1) is 15.5. The normalized spacial score (nSPS) is 22.8. The third kappa shape index (κ3) is 3.81. The third-order valence-electron chi connectivity index (χ3n) is 4.17. The molecule has 2 N–H and O–H groups in total. The number of halogens is 1. The first-order valence-corrected chi connectivity index (χ1v) is 7.38. The van der Waals surface area contributed by atoms with Gasteiger partial charge in [-0.1, -0.05) is 38.3 Å². The van der Waals surface area contributed by atoms with Crippen LogP contribution in [-0.2, 0) is 11.3 Å². The molecule has 5 heteroatoms. The highest BCUT2D eigenvalue weighted by atomic mass is 19.1. The number of benzene rings is 1. The van der Waals surface area contributed by atoms with E-state index in [9.17, 15) is 4.39 Å². The van der Waals surface area contributed by atoms with Gasteiger partial charge in [0.1, 0.15) is 5.82 Å². The summed E-state index contributed by atoms with van der Waals surface area (Å²) in [5, 5.41) is 18.2. The molecule has 0 radical (unpaired) electrons. The fourth-order valence-electron chi connectivity index (χ4n) is 2.94. The Labute approximate surface area is 119 Å². The molecule has 110 valence electrons. The first-order valence-electron chi connectivity index (χ1n) is 7.38. The lowest BCUT2D eigenvalue weighted by molar-refractivity contribution is -0.0221. The summed E-state index contributed by atoms with van der Waals surface area (Å²) >= 11 is 0. The van der Waals surface area contributed by atoms with Crippen LogP contribution in [0.15, 0.2) is 18.2 Å². The zero-order chi connectivity index (χ0) is 14.5. The van der Waals surface area contributed by atoms with Gasteiger partial charge in [0, 0.05) is 5.46 Å². The summed E-state index contributed by atoms with van der Waals surface area (Å²) in [6.07, 6.45) is 6.15. The van der Waals surface area contributed by atoms with Gasteiger partial charge >= 0.3 is 7.12 Å². The summed E-state index contributed by atoms with van der Waals surface area (Å²) in [7, 11) is -1.78. The van der Waals surface area contributed by atoms with Crippen LogP contribution >= 0.6 is 0 Å². The van der Waals surface area contributed by atoms with Gasteiger partial charge in [-0.05, 0) is 30.4 Å². The van der Waals surface area contributed by atoms with Gasteiger partial charge in [0.15, 0.2) is 0 Å². The molecule has 0 aromatic heterocycles. The topological polar surface area (TPSA) is 49.7 Å². The predicted octanol–water partition coefficient (Wildman–Crippen LogP) is 1.99. The Morgan fingerprint density at radius 3 is 2.75 bits per heavy atom. The molecule has 0 bridgehead atoms. The van der Waals surface area contributed by atoms with Gasteiger partial charge in [-0.25, -0.2) is 4.39 Å². The monoisotopic (exact) mass is 280 g/mol. The molecule has 1 aromatic carbocycles. The van der Waals surface area contributed by atoms with Gasteiger partial charge in [-0.15, -0.1) is 0 Å². The maximum absolute atomic E-state index is 13.4. The standard InChI is InChI=1S/C15H22BFO3/c1-2-12-5-3-4-6-15(12)20-10-11-7-8-14(17)13(9-11)16(18)19/h7-9,12,15,18-19H,2-6,10H2,1H3. The fourth-order valence-corrected chi connectivity index (χ4v) is 2.94. The van der Waals surface area contributed by atoms with Crippen molar-refractivity contribution in [2.45, 2.75) is 51.7 Å². The molecule has 2 unspecified atom stereocenters. The lowest BCUT2D eigenvalue weighted by Crippen LogP contribution is -2.33. The lowest BCUT2D eigenvalue weighted by atomic mass is 9.79. The first-order chi connectivity index (χ1) is 9.61. The molecule has 20 heavy (non-hydrogen) atoms. The van der Waals surface area contributed by atoms with Gasteiger partial charge in [0.05, 0.1) is 12.7 Å². The molecule has 0 spiro atoms. The molecule has 0 aliphatic heterocycles. The highest BCUT2D eigenvalue weighted by Crippen LogP contribution is 2.29. The summed E-state index contributed by atoms with van der Waals surface area (Å²) < 4.78 is 19.3. The SMILES string of the molecule is CCC1CCCCC1OCc1ccc(F)c(B(O)O)c1. The predicted molar refractivity (Wildman–Crippen MR) is 77.1 cm³/mol. The summed E-state index contributed by atoms with van der Waals surface area (Å²) in [4.78, 5) is 0. The molecule has 0 saturated heterocycles. The number of hydrogen-bond donors (Lipinski definition) is 2. The van der Waals surface area contributed by atoms with Crippen LogP contribution < -0.4 is 5.46 Å². The lowest BCUT2D eigenvalue weighted by Gasteiger charge is -2.30. The minimum atomic E-state index is -1.78. The Hall–Kier alpha value is -0.905. The quantitative estimate of drug-likeness (QED) is 0.811. The Kier molecular flexibility index (Phi) is 5.58. The third-order valence-corrected chi connectivity index (χ3v) is 4.17. The minimum Gasteiger partial charge on any atom is -0.423 e. The number of hydrogen-bond acceptors (Lipinski definition) is 3. The van der Waals surface area contributed by atoms with E-state index in [1.165, 1.54) is 31.4 Å². The second kappa shape index (κ2) is 7.20. The van der Waals surface area contributed by atoms with E-state index >= 15 is 0 Å². The van der Waals surface area contributed by atoms with E-state index in [0.717, 1.165) is 18.4 Å². The molecule has 3 nitrogen and oxygen atoms in total. The van der Waals surface area contributed by atoms with E-state index < -0.39 is 12.9 Å². The molecule has 1 saturated carbocycles. The Balaban J connectivity index is 1.98. The van der Waals surface area contributed by atoms with Gasteiger partial charge < -0.3 is 14.8 Å². The van der Waals surface area contributed by atoms with Crippen LogP contribution in [0.3, 0.4) is 0 Å². The van der Waals surface area contributed by atoms with Gasteiger partial charge in [0.25, 0.3) is 0 Å². The number of rotatable bonds is 5. The summed E-state index contributed by atoms with van der Waals surface area (Å²) in [5.74, 6) is -0.0000445. The Morgan fingerprint density at radius 1 is 1.30 bits per heavy atom. The van der Waals surface area contributed by atoms with Crippen molar-refractivity contribution >= 4 is 12.6 Å². The van der Waals surface area contributed by atoms with Crippen LogP contribution in [0.25, 0.3) is 0 Å². The second-order valence-electron chi connectivity index (χ2n) is 5.53. The van der Waals surface area contributed by atoms with Gasteiger partial charge in [-0.3, -0.25) is 0 Å². The molecule has 1 fully saturated rings.